The summed E-state index contributed by atoms with van der Waals surface area (Å²) in [6.45, 7) is 9.12. The molecule has 2 atom stereocenters. The average molecular weight is 261 g/mol. The molecular formula is C17H27NO. The molecule has 3 N–H and O–H groups in total. The van der Waals surface area contributed by atoms with Gasteiger partial charge in [0.2, 0.25) is 0 Å². The van der Waals surface area contributed by atoms with Crippen LogP contribution < -0.4 is 5.73 Å². The van der Waals surface area contributed by atoms with Crippen molar-refractivity contribution in [2.75, 3.05) is 6.54 Å². The number of aliphatic hydroxyl groups excluding tert-OH is 1. The zero-order chi connectivity index (χ0) is 14.3. The van der Waals surface area contributed by atoms with Crippen molar-refractivity contribution >= 4 is 0 Å². The minimum absolute atomic E-state index is 0.0168. The molecule has 0 radical (unpaired) electrons. The van der Waals surface area contributed by atoms with Crippen LogP contribution in [0.4, 0.5) is 0 Å². The van der Waals surface area contributed by atoms with E-state index in [1.54, 1.807) is 0 Å². The van der Waals surface area contributed by atoms with Crippen LogP contribution in [0.3, 0.4) is 0 Å². The van der Waals surface area contributed by atoms with Crippen molar-refractivity contribution in [3.8, 4) is 0 Å². The number of aryl methyl sites for hydroxylation is 2. The predicted octanol–water partition coefficient (Wildman–Crippen LogP) is 2.97. The van der Waals surface area contributed by atoms with Crippen molar-refractivity contribution in [2.45, 2.75) is 53.1 Å². The molecule has 1 aromatic rings. The number of benzene rings is 1. The summed E-state index contributed by atoms with van der Waals surface area (Å²) in [5.41, 5.74) is 9.80. The lowest BCUT2D eigenvalue weighted by atomic mass is 9.73. The summed E-state index contributed by atoms with van der Waals surface area (Å²) in [6, 6.07) is 6.55. The Bertz CT molecular complexity index is 466. The zero-order valence-corrected chi connectivity index (χ0v) is 12.7. The largest absolute Gasteiger partial charge is 0.392 e. The van der Waals surface area contributed by atoms with Crippen LogP contribution in [0.1, 0.15) is 43.4 Å². The van der Waals surface area contributed by atoms with Crippen molar-refractivity contribution < 1.29 is 5.11 Å². The number of nitrogens with two attached hydrogens (primary N) is 1. The molecule has 106 valence electrons. The van der Waals surface area contributed by atoms with Crippen LogP contribution in [-0.4, -0.2) is 17.8 Å². The average Bonchev–Trinajstić information content (AvgIpc) is 2.59. The van der Waals surface area contributed by atoms with E-state index < -0.39 is 0 Å². The van der Waals surface area contributed by atoms with Gasteiger partial charge >= 0.3 is 0 Å². The summed E-state index contributed by atoms with van der Waals surface area (Å²) in [5, 5.41) is 10.7. The molecule has 0 aliphatic heterocycles. The molecule has 1 aromatic carbocycles. The highest BCUT2D eigenvalue weighted by Crippen LogP contribution is 2.50. The molecule has 2 unspecified atom stereocenters. The third-order valence-electron chi connectivity index (χ3n) is 5.04. The Morgan fingerprint density at radius 3 is 2.47 bits per heavy atom. The van der Waals surface area contributed by atoms with Gasteiger partial charge in [0.25, 0.3) is 0 Å². The first-order chi connectivity index (χ1) is 8.81. The molecule has 1 saturated carbocycles. The molecule has 0 bridgehead atoms. The third kappa shape index (κ3) is 2.56. The molecule has 0 spiro atoms. The van der Waals surface area contributed by atoms with Crippen LogP contribution in [0.2, 0.25) is 0 Å². The van der Waals surface area contributed by atoms with Gasteiger partial charge in [-0.3, -0.25) is 0 Å². The van der Waals surface area contributed by atoms with E-state index in [9.17, 15) is 5.11 Å². The van der Waals surface area contributed by atoms with Crippen LogP contribution in [-0.2, 0) is 6.42 Å². The second kappa shape index (κ2) is 4.92. The molecule has 2 rings (SSSR count). The Kier molecular flexibility index (Phi) is 3.76. The molecule has 0 saturated heterocycles. The van der Waals surface area contributed by atoms with E-state index in [4.69, 9.17) is 5.73 Å². The molecule has 2 nitrogen and oxygen atoms in total. The predicted molar refractivity (Wildman–Crippen MR) is 80.1 cm³/mol. The topological polar surface area (TPSA) is 46.2 Å². The number of hydrogen-bond acceptors (Lipinski definition) is 2. The van der Waals surface area contributed by atoms with E-state index in [0.29, 0.717) is 6.54 Å². The van der Waals surface area contributed by atoms with Gasteiger partial charge in [0.05, 0.1) is 6.10 Å². The van der Waals surface area contributed by atoms with Crippen LogP contribution in [0.25, 0.3) is 0 Å². The van der Waals surface area contributed by atoms with E-state index in [2.05, 4.69) is 45.9 Å². The van der Waals surface area contributed by atoms with E-state index in [-0.39, 0.29) is 16.9 Å². The van der Waals surface area contributed by atoms with Gasteiger partial charge in [-0.25, -0.2) is 0 Å². The quantitative estimate of drug-likeness (QED) is 0.878. The van der Waals surface area contributed by atoms with E-state index >= 15 is 0 Å². The van der Waals surface area contributed by atoms with Crippen LogP contribution in [0, 0.1) is 24.7 Å². The van der Waals surface area contributed by atoms with Gasteiger partial charge in [0.15, 0.2) is 0 Å². The molecule has 19 heavy (non-hydrogen) atoms. The lowest BCUT2D eigenvalue weighted by Gasteiger charge is -2.36. The molecule has 2 heteroatoms. The first kappa shape index (κ1) is 14.5. The molecular weight excluding hydrogens is 234 g/mol. The van der Waals surface area contributed by atoms with Crippen molar-refractivity contribution in [1.29, 1.82) is 0 Å². The first-order valence-electron chi connectivity index (χ1n) is 7.25. The molecule has 0 amide bonds. The maximum absolute atomic E-state index is 10.7. The normalized spacial score (nSPS) is 29.7. The van der Waals surface area contributed by atoms with Crippen molar-refractivity contribution in [3.63, 3.8) is 0 Å². The van der Waals surface area contributed by atoms with E-state index in [1.165, 1.54) is 16.7 Å². The number of rotatable bonds is 3. The Morgan fingerprint density at radius 1 is 1.26 bits per heavy atom. The SMILES string of the molecule is Cc1ccc(C)c(CC2(CN)CCC(C)(C)C2O)c1. The summed E-state index contributed by atoms with van der Waals surface area (Å²) in [4.78, 5) is 0. The highest BCUT2D eigenvalue weighted by molar-refractivity contribution is 5.32. The minimum atomic E-state index is -0.315. The van der Waals surface area contributed by atoms with Gasteiger partial charge in [-0.05, 0) is 49.7 Å². The molecule has 1 fully saturated rings. The highest BCUT2D eigenvalue weighted by atomic mass is 16.3. The fourth-order valence-corrected chi connectivity index (χ4v) is 3.51. The van der Waals surface area contributed by atoms with Crippen molar-refractivity contribution in [3.05, 3.63) is 34.9 Å². The fourth-order valence-electron chi connectivity index (χ4n) is 3.51. The maximum Gasteiger partial charge on any atom is 0.0662 e. The van der Waals surface area contributed by atoms with Gasteiger partial charge in [-0.15, -0.1) is 0 Å². The van der Waals surface area contributed by atoms with Crippen molar-refractivity contribution in [2.24, 2.45) is 16.6 Å². The maximum atomic E-state index is 10.7. The summed E-state index contributed by atoms with van der Waals surface area (Å²) < 4.78 is 0. The monoisotopic (exact) mass is 261 g/mol. The van der Waals surface area contributed by atoms with Crippen LogP contribution in [0.15, 0.2) is 18.2 Å². The zero-order valence-electron chi connectivity index (χ0n) is 12.7. The number of hydrogen-bond donors (Lipinski definition) is 2. The second-order valence-electron chi connectivity index (χ2n) is 7.06. The lowest BCUT2D eigenvalue weighted by Crippen LogP contribution is -2.44. The van der Waals surface area contributed by atoms with E-state index in [1.807, 2.05) is 0 Å². The summed E-state index contributed by atoms with van der Waals surface area (Å²) >= 11 is 0. The molecule has 1 aliphatic carbocycles. The van der Waals surface area contributed by atoms with Crippen LogP contribution >= 0.6 is 0 Å². The summed E-state index contributed by atoms with van der Waals surface area (Å²) in [7, 11) is 0. The van der Waals surface area contributed by atoms with Crippen molar-refractivity contribution in [1.82, 2.24) is 0 Å². The minimum Gasteiger partial charge on any atom is -0.392 e. The molecule has 0 heterocycles. The van der Waals surface area contributed by atoms with Gasteiger partial charge < -0.3 is 10.8 Å². The Morgan fingerprint density at radius 2 is 1.95 bits per heavy atom. The summed E-state index contributed by atoms with van der Waals surface area (Å²) in [6.07, 6.45) is 2.65. The van der Waals surface area contributed by atoms with Gasteiger partial charge in [0.1, 0.15) is 0 Å². The van der Waals surface area contributed by atoms with Crippen LogP contribution in [0.5, 0.6) is 0 Å². The second-order valence-corrected chi connectivity index (χ2v) is 7.06. The highest BCUT2D eigenvalue weighted by Gasteiger charge is 2.50. The smallest absolute Gasteiger partial charge is 0.0662 e. The Hall–Kier alpha value is -0.860. The standard InChI is InChI=1S/C17H27NO/c1-12-5-6-13(2)14(9-12)10-17(11-18)8-7-16(3,4)15(17)19/h5-6,9,15,19H,7-8,10-11,18H2,1-4H3. The Balaban J connectivity index is 2.32. The summed E-state index contributed by atoms with van der Waals surface area (Å²) in [5.74, 6) is 0. The van der Waals surface area contributed by atoms with E-state index in [0.717, 1.165) is 19.3 Å². The van der Waals surface area contributed by atoms with Gasteiger partial charge in [0, 0.05) is 12.0 Å². The third-order valence-corrected chi connectivity index (χ3v) is 5.04. The van der Waals surface area contributed by atoms with Gasteiger partial charge in [-0.2, -0.15) is 0 Å². The van der Waals surface area contributed by atoms with Gasteiger partial charge in [-0.1, -0.05) is 37.6 Å². The molecule has 1 aliphatic rings. The fraction of sp³-hybridized carbons (Fsp3) is 0.647. The molecule has 0 aromatic heterocycles. The Labute approximate surface area is 117 Å². The lowest BCUT2D eigenvalue weighted by molar-refractivity contribution is -0.00470. The number of aliphatic hydroxyl groups is 1. The first-order valence-corrected chi connectivity index (χ1v) is 7.25.